The molecule has 118 valence electrons. The zero-order valence-corrected chi connectivity index (χ0v) is 12.8. The number of aryl methyl sites for hydroxylation is 1. The van der Waals surface area contributed by atoms with Gasteiger partial charge in [0.15, 0.2) is 0 Å². The maximum atomic E-state index is 12.1. The predicted octanol–water partition coefficient (Wildman–Crippen LogP) is 1.05. The highest BCUT2D eigenvalue weighted by Gasteiger charge is 2.23. The summed E-state index contributed by atoms with van der Waals surface area (Å²) in [7, 11) is -3.73. The Kier molecular flexibility index (Phi) is 5.02. The van der Waals surface area contributed by atoms with Crippen LogP contribution in [0.1, 0.15) is 35.6 Å². The smallest absolute Gasteiger partial charge is 0.371 e. The van der Waals surface area contributed by atoms with Gasteiger partial charge in [-0.2, -0.15) is 0 Å². The van der Waals surface area contributed by atoms with Crippen LogP contribution in [-0.4, -0.2) is 50.6 Å². The lowest BCUT2D eigenvalue weighted by atomic mass is 10.4. The molecule has 0 amide bonds. The number of hydrogen-bond donors (Lipinski definition) is 2. The van der Waals surface area contributed by atoms with E-state index in [4.69, 9.17) is 9.52 Å². The van der Waals surface area contributed by atoms with Crippen LogP contribution in [0.5, 0.6) is 0 Å². The van der Waals surface area contributed by atoms with Gasteiger partial charge in [0.05, 0.1) is 0 Å². The van der Waals surface area contributed by atoms with E-state index in [9.17, 15) is 13.2 Å². The van der Waals surface area contributed by atoms with Crippen LogP contribution in [0.25, 0.3) is 0 Å². The van der Waals surface area contributed by atoms with Crippen molar-refractivity contribution in [3.8, 4) is 0 Å². The number of nitrogens with one attached hydrogen (secondary N) is 1. The van der Waals surface area contributed by atoms with E-state index in [1.165, 1.54) is 19.8 Å². The molecule has 0 spiro atoms. The Labute approximate surface area is 124 Å². The summed E-state index contributed by atoms with van der Waals surface area (Å²) >= 11 is 0. The fourth-order valence-corrected chi connectivity index (χ4v) is 3.68. The number of carbonyl (C=O) groups is 1. The Morgan fingerprint density at radius 1 is 1.43 bits per heavy atom. The topological polar surface area (TPSA) is 99.8 Å². The monoisotopic (exact) mass is 316 g/mol. The Morgan fingerprint density at radius 3 is 2.67 bits per heavy atom. The third-order valence-electron chi connectivity index (χ3n) is 3.51. The van der Waals surface area contributed by atoms with E-state index < -0.39 is 16.0 Å². The predicted molar refractivity (Wildman–Crippen MR) is 75.9 cm³/mol. The third-order valence-corrected chi connectivity index (χ3v) is 5.08. The standard InChI is InChI=1S/C13H20N2O5S/c1-10-12(9-11(20-10)13(16)17)21(18,19)14-5-4-8-15-6-2-3-7-15/h9,14H,2-8H2,1H3,(H,16,17). The van der Waals surface area contributed by atoms with E-state index in [1.54, 1.807) is 0 Å². The molecule has 21 heavy (non-hydrogen) atoms. The average Bonchev–Trinajstić information content (AvgIpc) is 3.04. The zero-order chi connectivity index (χ0) is 15.5. The Morgan fingerprint density at radius 2 is 2.10 bits per heavy atom. The molecule has 2 heterocycles. The number of carboxylic acid groups (broad SMARTS) is 1. The maximum absolute atomic E-state index is 12.1. The van der Waals surface area contributed by atoms with Gasteiger partial charge in [-0.3, -0.25) is 0 Å². The summed E-state index contributed by atoms with van der Waals surface area (Å²) < 4.78 is 31.6. The van der Waals surface area contributed by atoms with Crippen molar-refractivity contribution in [2.75, 3.05) is 26.2 Å². The molecule has 1 aromatic heterocycles. The van der Waals surface area contributed by atoms with Gasteiger partial charge in [0.1, 0.15) is 10.7 Å². The lowest BCUT2D eigenvalue weighted by Crippen LogP contribution is -2.28. The minimum Gasteiger partial charge on any atom is -0.475 e. The minimum atomic E-state index is -3.73. The molecule has 0 aromatic carbocycles. The number of hydrogen-bond acceptors (Lipinski definition) is 5. The van der Waals surface area contributed by atoms with Crippen LogP contribution in [0.15, 0.2) is 15.4 Å². The van der Waals surface area contributed by atoms with Crippen molar-refractivity contribution in [1.82, 2.24) is 9.62 Å². The summed E-state index contributed by atoms with van der Waals surface area (Å²) in [4.78, 5) is 13.0. The third kappa shape index (κ3) is 4.05. The summed E-state index contributed by atoms with van der Waals surface area (Å²) in [5.74, 6) is -1.57. The van der Waals surface area contributed by atoms with Crippen molar-refractivity contribution in [3.05, 3.63) is 17.6 Å². The molecule has 1 aliphatic rings. The zero-order valence-electron chi connectivity index (χ0n) is 12.0. The van der Waals surface area contributed by atoms with Gasteiger partial charge in [0.25, 0.3) is 0 Å². The summed E-state index contributed by atoms with van der Waals surface area (Å²) in [5, 5.41) is 8.81. The molecule has 0 unspecified atom stereocenters. The summed E-state index contributed by atoms with van der Waals surface area (Å²) in [5.41, 5.74) is 0. The fraction of sp³-hybridized carbons (Fsp3) is 0.615. The van der Waals surface area contributed by atoms with Crippen LogP contribution >= 0.6 is 0 Å². The Balaban J connectivity index is 1.90. The highest BCUT2D eigenvalue weighted by atomic mass is 32.2. The first kappa shape index (κ1) is 16.0. The van der Waals surface area contributed by atoms with Crippen molar-refractivity contribution < 1.29 is 22.7 Å². The number of furan rings is 1. The van der Waals surface area contributed by atoms with Gasteiger partial charge in [-0.15, -0.1) is 0 Å². The van der Waals surface area contributed by atoms with Gasteiger partial charge >= 0.3 is 5.97 Å². The van der Waals surface area contributed by atoms with Gasteiger partial charge in [0.2, 0.25) is 15.8 Å². The number of sulfonamides is 1. The fourth-order valence-electron chi connectivity index (χ4n) is 2.43. The molecule has 0 aliphatic carbocycles. The van der Waals surface area contributed by atoms with Crippen molar-refractivity contribution >= 4 is 16.0 Å². The van der Waals surface area contributed by atoms with Crippen LogP contribution < -0.4 is 4.72 Å². The van der Waals surface area contributed by atoms with E-state index in [-0.39, 0.29) is 16.4 Å². The van der Waals surface area contributed by atoms with Crippen LogP contribution in [0.3, 0.4) is 0 Å². The van der Waals surface area contributed by atoms with Crippen molar-refractivity contribution in [1.29, 1.82) is 0 Å². The molecule has 7 nitrogen and oxygen atoms in total. The molecule has 2 rings (SSSR count). The number of likely N-dealkylation sites (tertiary alicyclic amines) is 1. The van der Waals surface area contributed by atoms with Crippen LogP contribution in [-0.2, 0) is 10.0 Å². The molecular formula is C13H20N2O5S. The number of carboxylic acids is 1. The normalized spacial score (nSPS) is 16.4. The second kappa shape index (κ2) is 6.59. The Bertz CT molecular complexity index is 602. The first-order valence-electron chi connectivity index (χ1n) is 6.96. The second-order valence-corrected chi connectivity index (χ2v) is 6.87. The lowest BCUT2D eigenvalue weighted by Gasteiger charge is -2.14. The molecular weight excluding hydrogens is 296 g/mol. The highest BCUT2D eigenvalue weighted by molar-refractivity contribution is 7.89. The number of nitrogens with zero attached hydrogens (tertiary/aromatic N) is 1. The Hall–Kier alpha value is -1.38. The largest absolute Gasteiger partial charge is 0.475 e. The van der Waals surface area contributed by atoms with E-state index in [0.717, 1.165) is 32.1 Å². The summed E-state index contributed by atoms with van der Waals surface area (Å²) in [6, 6.07) is 1.04. The summed E-state index contributed by atoms with van der Waals surface area (Å²) in [6.07, 6.45) is 3.14. The molecule has 1 fully saturated rings. The molecule has 1 aliphatic heterocycles. The quantitative estimate of drug-likeness (QED) is 0.729. The van der Waals surface area contributed by atoms with Gasteiger partial charge in [-0.25, -0.2) is 17.9 Å². The highest BCUT2D eigenvalue weighted by Crippen LogP contribution is 2.19. The molecule has 0 saturated carbocycles. The summed E-state index contributed by atoms with van der Waals surface area (Å²) in [6.45, 7) is 4.79. The molecule has 1 aromatic rings. The molecule has 8 heteroatoms. The van der Waals surface area contributed by atoms with Gasteiger partial charge in [-0.05, 0) is 45.8 Å². The minimum absolute atomic E-state index is 0.0828. The second-order valence-electron chi connectivity index (χ2n) is 5.14. The first-order chi connectivity index (χ1) is 9.90. The van der Waals surface area contributed by atoms with Crippen molar-refractivity contribution in [2.45, 2.75) is 31.1 Å². The first-order valence-corrected chi connectivity index (χ1v) is 8.44. The average molecular weight is 316 g/mol. The van der Waals surface area contributed by atoms with Crippen molar-refractivity contribution in [2.24, 2.45) is 0 Å². The van der Waals surface area contributed by atoms with E-state index >= 15 is 0 Å². The van der Waals surface area contributed by atoms with E-state index in [1.807, 2.05) is 0 Å². The molecule has 2 N–H and O–H groups in total. The van der Waals surface area contributed by atoms with Gasteiger partial charge in [0, 0.05) is 12.6 Å². The van der Waals surface area contributed by atoms with E-state index in [0.29, 0.717) is 6.54 Å². The van der Waals surface area contributed by atoms with Crippen LogP contribution in [0, 0.1) is 6.92 Å². The van der Waals surface area contributed by atoms with Crippen LogP contribution in [0.4, 0.5) is 0 Å². The van der Waals surface area contributed by atoms with Crippen LogP contribution in [0.2, 0.25) is 0 Å². The van der Waals surface area contributed by atoms with Gasteiger partial charge in [-0.1, -0.05) is 0 Å². The SMILES string of the molecule is Cc1oc(C(=O)O)cc1S(=O)(=O)NCCCN1CCCC1. The van der Waals surface area contributed by atoms with E-state index in [2.05, 4.69) is 9.62 Å². The molecule has 0 bridgehead atoms. The maximum Gasteiger partial charge on any atom is 0.371 e. The molecule has 1 saturated heterocycles. The van der Waals surface area contributed by atoms with Crippen molar-refractivity contribution in [3.63, 3.8) is 0 Å². The molecule has 0 atom stereocenters. The number of aromatic carboxylic acids is 1. The number of rotatable bonds is 7. The van der Waals surface area contributed by atoms with Gasteiger partial charge < -0.3 is 14.4 Å². The molecule has 0 radical (unpaired) electrons. The lowest BCUT2D eigenvalue weighted by molar-refractivity contribution is 0.0661.